The van der Waals surface area contributed by atoms with Crippen LogP contribution in [0.25, 0.3) is 22.6 Å². The van der Waals surface area contributed by atoms with Crippen LogP contribution in [0.1, 0.15) is 5.56 Å². The van der Waals surface area contributed by atoms with Gasteiger partial charge in [0.1, 0.15) is 16.5 Å². The Morgan fingerprint density at radius 3 is 2.63 bits per heavy atom. The van der Waals surface area contributed by atoms with E-state index in [1.165, 1.54) is 0 Å². The van der Waals surface area contributed by atoms with Crippen LogP contribution in [0.4, 0.5) is 0 Å². The zero-order valence-electron chi connectivity index (χ0n) is 15.5. The van der Waals surface area contributed by atoms with Gasteiger partial charge in [-0.1, -0.05) is 30.3 Å². The second kappa shape index (κ2) is 7.32. The van der Waals surface area contributed by atoms with Gasteiger partial charge < -0.3 is 9.30 Å². The monoisotopic (exact) mass is 376 g/mol. The molecule has 27 heavy (non-hydrogen) atoms. The molecule has 0 aliphatic rings. The van der Waals surface area contributed by atoms with E-state index in [1.54, 1.807) is 25.1 Å². The standard InChI is InChI=1S/C21H20N4OS/c1-15-7-4-5-10-18(15)25-19(16-8-6-9-17(13-16)26-2)20(21(23-25)27-3)24-12-11-22-14-24/h4-14H,1-3H3. The maximum absolute atomic E-state index is 5.46. The lowest BCUT2D eigenvalue weighted by Gasteiger charge is -2.13. The number of benzene rings is 2. The molecule has 2 aromatic heterocycles. The van der Waals surface area contributed by atoms with Crippen molar-refractivity contribution in [3.05, 3.63) is 72.8 Å². The first kappa shape index (κ1) is 17.4. The summed E-state index contributed by atoms with van der Waals surface area (Å²) in [6.07, 6.45) is 7.58. The van der Waals surface area contributed by atoms with Crippen molar-refractivity contribution in [3.8, 4) is 28.4 Å². The molecular weight excluding hydrogens is 356 g/mol. The zero-order chi connectivity index (χ0) is 18.8. The minimum atomic E-state index is 0.812. The molecule has 5 nitrogen and oxygen atoms in total. The molecule has 0 atom stereocenters. The molecule has 2 aromatic carbocycles. The van der Waals surface area contributed by atoms with Gasteiger partial charge >= 0.3 is 0 Å². The van der Waals surface area contributed by atoms with E-state index in [0.717, 1.165) is 39.0 Å². The first-order valence-corrected chi connectivity index (χ1v) is 9.81. The third-order valence-electron chi connectivity index (χ3n) is 4.47. The van der Waals surface area contributed by atoms with E-state index in [-0.39, 0.29) is 0 Å². The summed E-state index contributed by atoms with van der Waals surface area (Å²) in [5.74, 6) is 0.812. The van der Waals surface area contributed by atoms with Crippen LogP contribution < -0.4 is 4.74 Å². The SMILES string of the molecule is COc1cccc(-c2c(-n3ccnc3)c(SC)nn2-c2ccccc2C)c1. The smallest absolute Gasteiger partial charge is 0.143 e. The molecule has 4 rings (SSSR count). The molecule has 6 heteroatoms. The number of imidazole rings is 1. The van der Waals surface area contributed by atoms with E-state index in [4.69, 9.17) is 9.84 Å². The lowest BCUT2D eigenvalue weighted by molar-refractivity contribution is 0.415. The first-order chi connectivity index (χ1) is 13.2. The first-order valence-electron chi connectivity index (χ1n) is 8.58. The van der Waals surface area contributed by atoms with E-state index < -0.39 is 0 Å². The molecule has 0 spiro atoms. The predicted octanol–water partition coefficient (Wildman–Crippen LogP) is 4.76. The van der Waals surface area contributed by atoms with E-state index in [0.29, 0.717) is 0 Å². The second-order valence-corrected chi connectivity index (χ2v) is 6.90. The lowest BCUT2D eigenvalue weighted by Crippen LogP contribution is -2.03. The van der Waals surface area contributed by atoms with Crippen molar-refractivity contribution in [1.82, 2.24) is 19.3 Å². The molecule has 0 saturated carbocycles. The van der Waals surface area contributed by atoms with Crippen molar-refractivity contribution in [2.24, 2.45) is 0 Å². The van der Waals surface area contributed by atoms with Crippen LogP contribution in [0, 0.1) is 6.92 Å². The molecular formula is C21H20N4OS. The van der Waals surface area contributed by atoms with Crippen LogP contribution in [-0.4, -0.2) is 32.7 Å². The Hall–Kier alpha value is -2.99. The molecule has 0 bridgehead atoms. The maximum atomic E-state index is 5.46. The van der Waals surface area contributed by atoms with Gasteiger partial charge in [-0.2, -0.15) is 5.10 Å². The summed E-state index contributed by atoms with van der Waals surface area (Å²) in [7, 11) is 1.68. The Morgan fingerprint density at radius 2 is 1.93 bits per heavy atom. The van der Waals surface area contributed by atoms with Gasteiger partial charge in [-0.25, -0.2) is 9.67 Å². The number of ether oxygens (including phenoxy) is 1. The number of aromatic nitrogens is 4. The van der Waals surface area contributed by atoms with E-state index >= 15 is 0 Å². The van der Waals surface area contributed by atoms with Crippen molar-refractivity contribution in [3.63, 3.8) is 0 Å². The van der Waals surface area contributed by atoms with Crippen molar-refractivity contribution in [2.45, 2.75) is 11.9 Å². The normalized spacial score (nSPS) is 10.9. The van der Waals surface area contributed by atoms with Gasteiger partial charge in [0, 0.05) is 18.0 Å². The third-order valence-corrected chi connectivity index (χ3v) is 5.13. The van der Waals surface area contributed by atoms with E-state index in [2.05, 4.69) is 30.1 Å². The van der Waals surface area contributed by atoms with Gasteiger partial charge in [-0.3, -0.25) is 0 Å². The summed E-state index contributed by atoms with van der Waals surface area (Å²) in [6.45, 7) is 2.10. The van der Waals surface area contributed by atoms with Crippen LogP contribution in [0.2, 0.25) is 0 Å². The highest BCUT2D eigenvalue weighted by Crippen LogP contribution is 2.37. The quantitative estimate of drug-likeness (QED) is 0.471. The van der Waals surface area contributed by atoms with Crippen molar-refractivity contribution in [2.75, 3.05) is 13.4 Å². The lowest BCUT2D eigenvalue weighted by atomic mass is 10.1. The molecule has 0 unspecified atom stereocenters. The molecule has 0 aliphatic carbocycles. The third kappa shape index (κ3) is 3.13. The van der Waals surface area contributed by atoms with Crippen LogP contribution >= 0.6 is 11.8 Å². The minimum absolute atomic E-state index is 0.812. The topological polar surface area (TPSA) is 44.9 Å². The number of para-hydroxylation sites is 1. The summed E-state index contributed by atoms with van der Waals surface area (Å²) in [6, 6.07) is 16.3. The number of methoxy groups -OCH3 is 1. The molecule has 0 N–H and O–H groups in total. The minimum Gasteiger partial charge on any atom is -0.497 e. The molecule has 136 valence electrons. The van der Waals surface area contributed by atoms with E-state index in [1.807, 2.05) is 58.4 Å². The van der Waals surface area contributed by atoms with Gasteiger partial charge in [-0.15, -0.1) is 11.8 Å². The summed E-state index contributed by atoms with van der Waals surface area (Å²) >= 11 is 1.62. The van der Waals surface area contributed by atoms with Crippen molar-refractivity contribution >= 4 is 11.8 Å². The average molecular weight is 376 g/mol. The van der Waals surface area contributed by atoms with Gasteiger partial charge in [0.05, 0.1) is 24.8 Å². The molecule has 0 aliphatic heterocycles. The predicted molar refractivity (Wildman–Crippen MR) is 109 cm³/mol. The van der Waals surface area contributed by atoms with E-state index in [9.17, 15) is 0 Å². The number of hydrogen-bond acceptors (Lipinski definition) is 4. The molecule has 0 saturated heterocycles. The molecule has 0 amide bonds. The Labute approximate surface area is 162 Å². The Morgan fingerprint density at radius 1 is 1.07 bits per heavy atom. The fourth-order valence-corrected chi connectivity index (χ4v) is 3.71. The van der Waals surface area contributed by atoms with Gasteiger partial charge in [-0.05, 0) is 36.9 Å². The molecule has 0 fully saturated rings. The number of hydrogen-bond donors (Lipinski definition) is 0. The number of nitrogens with zero attached hydrogens (tertiary/aromatic N) is 4. The van der Waals surface area contributed by atoms with Crippen molar-refractivity contribution in [1.29, 1.82) is 0 Å². The Bertz CT molecular complexity index is 1070. The van der Waals surface area contributed by atoms with Crippen LogP contribution in [0.5, 0.6) is 5.75 Å². The van der Waals surface area contributed by atoms with Gasteiger partial charge in [0.2, 0.25) is 0 Å². The number of aryl methyl sites for hydroxylation is 1. The second-order valence-electron chi connectivity index (χ2n) is 6.11. The van der Waals surface area contributed by atoms with Crippen LogP contribution in [0.3, 0.4) is 0 Å². The highest BCUT2D eigenvalue weighted by molar-refractivity contribution is 7.98. The fourth-order valence-electron chi connectivity index (χ4n) is 3.16. The Balaban J connectivity index is 2.06. The maximum Gasteiger partial charge on any atom is 0.143 e. The molecule has 0 radical (unpaired) electrons. The van der Waals surface area contributed by atoms with Crippen molar-refractivity contribution < 1.29 is 4.74 Å². The summed E-state index contributed by atoms with van der Waals surface area (Å²) in [4.78, 5) is 4.23. The highest BCUT2D eigenvalue weighted by atomic mass is 32.2. The fraction of sp³-hybridized carbons (Fsp3) is 0.143. The molecule has 4 aromatic rings. The summed E-state index contributed by atoms with van der Waals surface area (Å²) < 4.78 is 9.49. The highest BCUT2D eigenvalue weighted by Gasteiger charge is 2.22. The average Bonchev–Trinajstić information content (AvgIpc) is 3.35. The number of thioether (sulfide) groups is 1. The Kier molecular flexibility index (Phi) is 4.73. The summed E-state index contributed by atoms with van der Waals surface area (Å²) in [5, 5.41) is 5.88. The molecule has 2 heterocycles. The largest absolute Gasteiger partial charge is 0.497 e. The van der Waals surface area contributed by atoms with Crippen LogP contribution in [0.15, 0.2) is 72.3 Å². The van der Waals surface area contributed by atoms with Gasteiger partial charge in [0.25, 0.3) is 0 Å². The summed E-state index contributed by atoms with van der Waals surface area (Å²) in [5.41, 5.74) is 5.27. The van der Waals surface area contributed by atoms with Gasteiger partial charge in [0.15, 0.2) is 0 Å². The zero-order valence-corrected chi connectivity index (χ0v) is 16.3. The van der Waals surface area contributed by atoms with Crippen LogP contribution in [-0.2, 0) is 0 Å². The number of rotatable bonds is 5.